The Morgan fingerprint density at radius 1 is 1.08 bits per heavy atom. The van der Waals surface area contributed by atoms with E-state index in [1.165, 1.54) is 23.8 Å². The largest absolute Gasteiger partial charge is 0.497 e. The van der Waals surface area contributed by atoms with E-state index in [4.69, 9.17) is 24.7 Å². The Kier molecular flexibility index (Phi) is 6.72. The van der Waals surface area contributed by atoms with E-state index in [9.17, 15) is 9.59 Å². The number of aromatic nitrogens is 1. The number of ether oxygens (including phenoxy) is 4. The van der Waals surface area contributed by atoms with Gasteiger partial charge in [0.2, 0.25) is 0 Å². The first-order valence-corrected chi connectivity index (χ1v) is 13.5. The lowest BCUT2D eigenvalue weighted by atomic mass is 9.63. The summed E-state index contributed by atoms with van der Waals surface area (Å²) in [6, 6.07) is 13.0. The number of rotatable bonds is 5. The van der Waals surface area contributed by atoms with Gasteiger partial charge in [0.1, 0.15) is 18.0 Å². The monoisotopic (exact) mass is 533 g/mol. The highest BCUT2D eigenvalue weighted by Gasteiger charge is 2.54. The van der Waals surface area contributed by atoms with Gasteiger partial charge in [-0.05, 0) is 67.0 Å². The molecule has 0 amide bonds. The molecule has 3 aliphatic rings. The molecule has 9 heteroatoms. The van der Waals surface area contributed by atoms with E-state index < -0.39 is 24.1 Å². The Morgan fingerprint density at radius 2 is 1.92 bits per heavy atom. The van der Waals surface area contributed by atoms with Crippen molar-refractivity contribution < 1.29 is 28.5 Å². The Morgan fingerprint density at radius 3 is 2.67 bits per heavy atom. The van der Waals surface area contributed by atoms with Gasteiger partial charge in [0, 0.05) is 48.5 Å². The predicted molar refractivity (Wildman–Crippen MR) is 145 cm³/mol. The van der Waals surface area contributed by atoms with Crippen molar-refractivity contribution in [3.63, 3.8) is 0 Å². The number of nitrogens with zero attached hydrogens (tertiary/aromatic N) is 1. The third-order valence-electron chi connectivity index (χ3n) is 8.98. The Bertz CT molecular complexity index is 1400. The lowest BCUT2D eigenvalue weighted by molar-refractivity contribution is -0.176. The zero-order valence-electron chi connectivity index (χ0n) is 22.5. The van der Waals surface area contributed by atoms with Gasteiger partial charge in [-0.2, -0.15) is 0 Å². The second-order valence-electron chi connectivity index (χ2n) is 10.9. The van der Waals surface area contributed by atoms with Gasteiger partial charge in [-0.3, -0.25) is 9.69 Å². The number of anilines is 1. The van der Waals surface area contributed by atoms with Crippen LogP contribution in [0.4, 0.5) is 5.69 Å². The van der Waals surface area contributed by atoms with Crippen LogP contribution in [-0.2, 0) is 25.4 Å². The molecule has 6 atom stereocenters. The molecule has 1 aliphatic carbocycles. The van der Waals surface area contributed by atoms with E-state index in [1.54, 1.807) is 38.5 Å². The molecule has 3 N–H and O–H groups in total. The average molecular weight is 534 g/mol. The van der Waals surface area contributed by atoms with Crippen molar-refractivity contribution in [1.29, 1.82) is 0 Å². The minimum Gasteiger partial charge on any atom is -0.497 e. The molecular formula is C30H35N3O6. The number of nitrogens with two attached hydrogens (primary N) is 1. The number of carbonyl (C=O) groups is 2. The maximum atomic E-state index is 13.3. The van der Waals surface area contributed by atoms with Crippen LogP contribution in [-0.4, -0.2) is 68.4 Å². The van der Waals surface area contributed by atoms with Crippen LogP contribution in [0.3, 0.4) is 0 Å². The standard InChI is InChI=1S/C30H35N3O6/c1-36-19-7-8-20-21-9-10-33-15-17-12-25(39-29(34)16-5-4-6-18(31)11-16)28(37-2)26(30(35)38-3)22(17)14-24(33)27(21)32-23(20)13-19/h4-8,11,13,17,22,24-26,28,32H,9-10,12,14-15,31H2,1-3H3/t17-,22-,24-,25+,26-,28+/m1/s1. The average Bonchev–Trinajstić information content (AvgIpc) is 3.33. The number of benzene rings is 2. The van der Waals surface area contributed by atoms with Gasteiger partial charge in [-0.1, -0.05) is 6.07 Å². The van der Waals surface area contributed by atoms with Crippen LogP contribution in [0.1, 0.15) is 40.5 Å². The number of fused-ring (bicyclic) bond motifs is 6. The summed E-state index contributed by atoms with van der Waals surface area (Å²) in [5, 5.41) is 1.23. The maximum absolute atomic E-state index is 13.3. The molecule has 2 aliphatic heterocycles. The van der Waals surface area contributed by atoms with E-state index in [1.807, 2.05) is 12.1 Å². The van der Waals surface area contributed by atoms with E-state index in [0.717, 1.165) is 37.2 Å². The number of nitrogens with one attached hydrogen (secondary N) is 1. The molecule has 9 nitrogen and oxygen atoms in total. The van der Waals surface area contributed by atoms with Crippen LogP contribution in [0.2, 0.25) is 0 Å². The van der Waals surface area contributed by atoms with Gasteiger partial charge in [0.25, 0.3) is 0 Å². The van der Waals surface area contributed by atoms with Crippen molar-refractivity contribution in [1.82, 2.24) is 9.88 Å². The Balaban J connectivity index is 1.31. The molecule has 0 unspecified atom stereocenters. The van der Waals surface area contributed by atoms with Crippen molar-refractivity contribution in [2.45, 2.75) is 37.5 Å². The highest BCUT2D eigenvalue weighted by molar-refractivity contribution is 5.90. The zero-order chi connectivity index (χ0) is 27.3. The highest BCUT2D eigenvalue weighted by Crippen LogP contribution is 2.50. The fraction of sp³-hybridized carbons (Fsp3) is 0.467. The van der Waals surface area contributed by atoms with E-state index >= 15 is 0 Å². The molecule has 39 heavy (non-hydrogen) atoms. The van der Waals surface area contributed by atoms with Crippen LogP contribution in [0.15, 0.2) is 42.5 Å². The number of piperidine rings is 1. The van der Waals surface area contributed by atoms with Crippen molar-refractivity contribution in [3.05, 3.63) is 59.3 Å². The smallest absolute Gasteiger partial charge is 0.338 e. The Hall–Kier alpha value is -3.56. The van der Waals surface area contributed by atoms with Crippen LogP contribution < -0.4 is 10.5 Å². The minimum absolute atomic E-state index is 0.0258. The lowest BCUT2D eigenvalue weighted by Crippen LogP contribution is -2.58. The summed E-state index contributed by atoms with van der Waals surface area (Å²) in [5.74, 6) is -0.344. The number of H-pyrrole nitrogens is 1. The van der Waals surface area contributed by atoms with E-state index in [2.05, 4.69) is 16.0 Å². The molecule has 3 heterocycles. The molecule has 206 valence electrons. The second-order valence-corrected chi connectivity index (χ2v) is 10.9. The number of carbonyl (C=O) groups excluding carboxylic acids is 2. The van der Waals surface area contributed by atoms with E-state index in [-0.39, 0.29) is 23.8 Å². The highest BCUT2D eigenvalue weighted by atomic mass is 16.6. The minimum atomic E-state index is -0.606. The van der Waals surface area contributed by atoms with Crippen LogP contribution in [0, 0.1) is 17.8 Å². The molecule has 6 rings (SSSR count). The second kappa shape index (κ2) is 10.2. The molecule has 1 saturated carbocycles. The molecule has 3 aromatic rings. The van der Waals surface area contributed by atoms with Gasteiger partial charge < -0.3 is 29.7 Å². The summed E-state index contributed by atoms with van der Waals surface area (Å²) in [7, 11) is 4.65. The number of nitrogen functional groups attached to an aromatic ring is 1. The number of hydrogen-bond acceptors (Lipinski definition) is 8. The first kappa shape index (κ1) is 25.7. The summed E-state index contributed by atoms with van der Waals surface area (Å²) in [5.41, 5.74) is 10.4. The summed E-state index contributed by atoms with van der Waals surface area (Å²) < 4.78 is 22.6. The SMILES string of the molecule is COC(=O)[C@@H]1[C@@H]2C[C@@H]3c4[nH]c5cc(OC)ccc5c4CCN3C[C@H]2C[C@H](OC(=O)c2cccc(N)c2)[C@@H]1OC. The molecule has 0 spiro atoms. The van der Waals surface area contributed by atoms with Gasteiger partial charge in [0.05, 0.1) is 31.7 Å². The third-order valence-corrected chi connectivity index (χ3v) is 8.98. The third kappa shape index (κ3) is 4.43. The molecular weight excluding hydrogens is 498 g/mol. The summed E-state index contributed by atoms with van der Waals surface area (Å²) in [6.45, 7) is 1.74. The quantitative estimate of drug-likeness (QED) is 0.377. The Labute approximate surface area is 227 Å². The van der Waals surface area contributed by atoms with Gasteiger partial charge >= 0.3 is 11.9 Å². The fourth-order valence-electron chi connectivity index (χ4n) is 7.23. The van der Waals surface area contributed by atoms with Gasteiger partial charge in [-0.25, -0.2) is 4.79 Å². The maximum Gasteiger partial charge on any atom is 0.338 e. The molecule has 0 radical (unpaired) electrons. The van der Waals surface area contributed by atoms with Crippen molar-refractivity contribution in [3.8, 4) is 5.75 Å². The van der Waals surface area contributed by atoms with Crippen LogP contribution >= 0.6 is 0 Å². The zero-order valence-corrected chi connectivity index (χ0v) is 22.5. The van der Waals surface area contributed by atoms with Crippen LogP contribution in [0.5, 0.6) is 5.75 Å². The summed E-state index contributed by atoms with van der Waals surface area (Å²) in [6.07, 6.45) is 1.17. The fourth-order valence-corrected chi connectivity index (χ4v) is 7.23. The van der Waals surface area contributed by atoms with Gasteiger partial charge in [0.15, 0.2) is 0 Å². The molecule has 2 aromatic carbocycles. The van der Waals surface area contributed by atoms with Crippen molar-refractivity contribution >= 4 is 28.5 Å². The topological polar surface area (TPSA) is 116 Å². The van der Waals surface area contributed by atoms with Gasteiger partial charge in [-0.15, -0.1) is 0 Å². The van der Waals surface area contributed by atoms with E-state index in [0.29, 0.717) is 17.7 Å². The summed E-state index contributed by atoms with van der Waals surface area (Å²) >= 11 is 0. The first-order chi connectivity index (χ1) is 18.9. The molecule has 1 aromatic heterocycles. The first-order valence-electron chi connectivity index (χ1n) is 13.5. The predicted octanol–water partition coefficient (Wildman–Crippen LogP) is 3.73. The van der Waals surface area contributed by atoms with Crippen molar-refractivity contribution in [2.75, 3.05) is 40.2 Å². The number of esters is 2. The molecule has 1 saturated heterocycles. The number of aromatic amines is 1. The van der Waals surface area contributed by atoms with Crippen LogP contribution in [0.25, 0.3) is 10.9 Å². The molecule has 2 fully saturated rings. The van der Waals surface area contributed by atoms with Crippen molar-refractivity contribution in [2.24, 2.45) is 17.8 Å². The number of methoxy groups -OCH3 is 3. The molecule has 0 bridgehead atoms. The normalized spacial score (nSPS) is 28.2. The lowest BCUT2D eigenvalue weighted by Gasteiger charge is -2.52. The summed E-state index contributed by atoms with van der Waals surface area (Å²) in [4.78, 5) is 32.5. The number of hydrogen-bond donors (Lipinski definition) is 2.